The summed E-state index contributed by atoms with van der Waals surface area (Å²) in [6, 6.07) is 26.8. The Labute approximate surface area is 337 Å². The lowest BCUT2D eigenvalue weighted by atomic mass is 10.0. The smallest absolute Gasteiger partial charge is 0.407 e. The first-order valence-corrected chi connectivity index (χ1v) is 20.1. The number of carbonyl (C=O) groups is 1. The van der Waals surface area contributed by atoms with E-state index in [0.717, 1.165) is 96.3 Å². The van der Waals surface area contributed by atoms with Crippen molar-refractivity contribution in [3.05, 3.63) is 96.1 Å². The maximum atomic E-state index is 12.4. The zero-order valence-electron chi connectivity index (χ0n) is 33.0. The van der Waals surface area contributed by atoms with Gasteiger partial charge in [0.25, 0.3) is 0 Å². The van der Waals surface area contributed by atoms with Crippen LogP contribution in [0.2, 0.25) is 0 Å². The van der Waals surface area contributed by atoms with Crippen molar-refractivity contribution < 1.29 is 24.5 Å². The summed E-state index contributed by atoms with van der Waals surface area (Å²) in [7, 11) is 0. The van der Waals surface area contributed by atoms with E-state index in [1.165, 1.54) is 0 Å². The average molecular weight is 783 g/mol. The minimum Gasteiger partial charge on any atom is -0.507 e. The molecular weight excluding hydrogens is 733 g/mol. The number of amides is 1. The summed E-state index contributed by atoms with van der Waals surface area (Å²) >= 11 is 0. The molecule has 0 aliphatic carbocycles. The number of benzene rings is 4. The lowest BCUT2D eigenvalue weighted by molar-refractivity contribution is 0.0803. The predicted octanol–water partition coefficient (Wildman–Crippen LogP) is 7.03. The van der Waals surface area contributed by atoms with Crippen LogP contribution in [-0.4, -0.2) is 93.8 Å². The number of phenolic OH excluding ortho intramolecular Hbond substituents is 2. The third-order valence-electron chi connectivity index (χ3n) is 10.9. The number of carbonyl (C=O) groups excluding carboxylic acids is 1. The van der Waals surface area contributed by atoms with Crippen molar-refractivity contribution in [2.45, 2.75) is 64.1 Å². The van der Waals surface area contributed by atoms with Crippen LogP contribution in [-0.2, 0) is 9.47 Å². The number of anilines is 2. The zero-order chi connectivity index (χ0) is 40.2. The van der Waals surface area contributed by atoms with E-state index in [4.69, 9.17) is 35.1 Å². The number of aromatic nitrogens is 4. The first kappa shape index (κ1) is 38.8. The molecule has 3 saturated heterocycles. The van der Waals surface area contributed by atoms with Crippen LogP contribution in [0.25, 0.3) is 44.6 Å². The van der Waals surface area contributed by atoms with Crippen LogP contribution in [0.3, 0.4) is 0 Å². The van der Waals surface area contributed by atoms with Crippen LogP contribution in [0, 0.1) is 13.8 Å². The lowest BCUT2D eigenvalue weighted by Crippen LogP contribution is -2.48. The monoisotopic (exact) mass is 782 g/mol. The number of fused-ring (bicyclic) bond motifs is 2. The highest BCUT2D eigenvalue weighted by Crippen LogP contribution is 2.35. The number of hydrogen-bond acceptors (Lipinski definition) is 12. The van der Waals surface area contributed by atoms with Crippen molar-refractivity contribution >= 4 is 39.5 Å². The molecule has 4 aromatic carbocycles. The van der Waals surface area contributed by atoms with Gasteiger partial charge in [-0.25, -0.2) is 24.7 Å². The summed E-state index contributed by atoms with van der Waals surface area (Å²) in [6.07, 6.45) is 4.08. The van der Waals surface area contributed by atoms with E-state index in [-0.39, 0.29) is 29.7 Å². The summed E-state index contributed by atoms with van der Waals surface area (Å²) in [6.45, 7) is 8.36. The average Bonchev–Trinajstić information content (AvgIpc) is 3.73. The van der Waals surface area contributed by atoms with Crippen LogP contribution in [0.5, 0.6) is 11.5 Å². The van der Waals surface area contributed by atoms with Crippen LogP contribution < -0.4 is 20.9 Å². The van der Waals surface area contributed by atoms with E-state index in [1.807, 2.05) is 43.3 Å². The van der Waals surface area contributed by atoms with Crippen LogP contribution >= 0.6 is 0 Å². The van der Waals surface area contributed by atoms with E-state index >= 15 is 0 Å². The highest BCUT2D eigenvalue weighted by Gasteiger charge is 2.28. The van der Waals surface area contributed by atoms with E-state index in [9.17, 15) is 15.0 Å². The number of aromatic hydroxyl groups is 2. The van der Waals surface area contributed by atoms with Crippen molar-refractivity contribution in [2.75, 3.05) is 49.2 Å². The molecular formula is C45H50N8O5. The fourth-order valence-electron chi connectivity index (χ4n) is 7.94. The largest absolute Gasteiger partial charge is 0.507 e. The first-order valence-electron chi connectivity index (χ1n) is 20.1. The van der Waals surface area contributed by atoms with Gasteiger partial charge in [-0.05, 0) is 99.2 Å². The summed E-state index contributed by atoms with van der Waals surface area (Å²) in [5.41, 5.74) is 11.4. The molecule has 0 bridgehead atoms. The van der Waals surface area contributed by atoms with Gasteiger partial charge < -0.3 is 40.5 Å². The maximum Gasteiger partial charge on any atom is 0.407 e. The molecule has 5 N–H and O–H groups in total. The SMILES string of the molecule is Cc1ccc2c(N3CCC[C@H](N)C3)nc(-c3ccccc3O)nc2c1.Cc1ccc2c(N3CCC[C@H](NC(=O)O[C@H]4CCOC4)C3)nc(-c3ccccc3O)nc2c1. The molecule has 300 valence electrons. The first-order chi connectivity index (χ1) is 28.2. The maximum absolute atomic E-state index is 12.4. The fourth-order valence-corrected chi connectivity index (χ4v) is 7.94. The Morgan fingerprint density at radius 2 is 1.29 bits per heavy atom. The van der Waals surface area contributed by atoms with Crippen molar-refractivity contribution in [2.24, 2.45) is 5.73 Å². The molecule has 0 saturated carbocycles. The van der Waals surface area contributed by atoms with Gasteiger partial charge in [0.15, 0.2) is 11.6 Å². The standard InChI is InChI=1S/C25H28N4O4.C20H22N4O/c1-16-8-9-19-21(13-16)27-23(20-6-2-3-7-22(20)30)28-24(19)29-11-4-5-17(14-29)26-25(31)33-18-10-12-32-15-18;1-13-8-9-15-17(11-13)22-19(16-6-2-3-7-18(16)25)23-20(15)24-10-4-5-14(21)12-24/h2-3,6-9,13,17-18,30H,4-5,10-12,14-15H2,1H3,(H,26,31);2-3,6-9,11,14,25H,4-5,10,12,21H2,1H3/t17-,18-;14-/m00/s1. The summed E-state index contributed by atoms with van der Waals surface area (Å²) < 4.78 is 10.8. The fraction of sp³-hybridized carbons (Fsp3) is 0.356. The van der Waals surface area contributed by atoms with E-state index in [2.05, 4.69) is 46.3 Å². The molecule has 9 rings (SSSR count). The molecule has 5 heterocycles. The minimum atomic E-state index is -0.393. The third kappa shape index (κ3) is 8.75. The van der Waals surface area contributed by atoms with Gasteiger partial charge in [-0.2, -0.15) is 0 Å². The summed E-state index contributed by atoms with van der Waals surface area (Å²) in [5.74, 6) is 3.08. The molecule has 13 heteroatoms. The molecule has 0 radical (unpaired) electrons. The van der Waals surface area contributed by atoms with Gasteiger partial charge in [0.1, 0.15) is 29.2 Å². The van der Waals surface area contributed by atoms with Gasteiger partial charge >= 0.3 is 6.09 Å². The number of para-hydroxylation sites is 2. The number of ether oxygens (including phenoxy) is 2. The molecule has 6 aromatic rings. The highest BCUT2D eigenvalue weighted by molar-refractivity contribution is 5.93. The van der Waals surface area contributed by atoms with Gasteiger partial charge in [0.05, 0.1) is 35.4 Å². The Morgan fingerprint density at radius 3 is 1.83 bits per heavy atom. The molecule has 2 aromatic heterocycles. The normalized spacial score (nSPS) is 19.5. The zero-order valence-corrected chi connectivity index (χ0v) is 33.0. The molecule has 0 spiro atoms. The molecule has 1 amide bonds. The van der Waals surface area contributed by atoms with Gasteiger partial charge in [0.2, 0.25) is 0 Å². The van der Waals surface area contributed by atoms with E-state index < -0.39 is 6.09 Å². The third-order valence-corrected chi connectivity index (χ3v) is 10.9. The van der Waals surface area contributed by atoms with Gasteiger partial charge in [0, 0.05) is 55.5 Å². The Kier molecular flexibility index (Phi) is 11.5. The lowest BCUT2D eigenvalue weighted by Gasteiger charge is -2.34. The van der Waals surface area contributed by atoms with Crippen molar-refractivity contribution in [3.8, 4) is 34.3 Å². The number of rotatable bonds is 6. The highest BCUT2D eigenvalue weighted by atomic mass is 16.6. The van der Waals surface area contributed by atoms with E-state index in [0.29, 0.717) is 42.5 Å². The van der Waals surface area contributed by atoms with Crippen molar-refractivity contribution in [1.29, 1.82) is 0 Å². The number of hydrogen-bond donors (Lipinski definition) is 4. The van der Waals surface area contributed by atoms with E-state index in [1.54, 1.807) is 24.3 Å². The van der Waals surface area contributed by atoms with Crippen molar-refractivity contribution in [1.82, 2.24) is 25.3 Å². The Balaban J connectivity index is 0.000000168. The molecule has 3 atom stereocenters. The van der Waals surface area contributed by atoms with Crippen LogP contribution in [0.15, 0.2) is 84.9 Å². The Hall–Kier alpha value is -6.05. The molecule has 13 nitrogen and oxygen atoms in total. The summed E-state index contributed by atoms with van der Waals surface area (Å²) in [5, 5.41) is 25.6. The molecule has 3 aliphatic heterocycles. The Bertz CT molecular complexity index is 2420. The topological polar surface area (TPSA) is 172 Å². The quantitative estimate of drug-likeness (QED) is 0.136. The number of alkyl carbamates (subject to hydrolysis) is 1. The number of piperidine rings is 2. The number of nitrogens with two attached hydrogens (primary N) is 1. The number of aryl methyl sites for hydroxylation is 2. The van der Waals surface area contributed by atoms with Gasteiger partial charge in [-0.3, -0.25) is 0 Å². The second-order valence-electron chi connectivity index (χ2n) is 15.5. The van der Waals surface area contributed by atoms with Crippen LogP contribution in [0.4, 0.5) is 16.4 Å². The second-order valence-corrected chi connectivity index (χ2v) is 15.5. The number of phenols is 2. The summed E-state index contributed by atoms with van der Waals surface area (Å²) in [4.78, 5) is 36.0. The van der Waals surface area contributed by atoms with Crippen LogP contribution in [0.1, 0.15) is 43.2 Å². The minimum absolute atomic E-state index is 0.0439. The number of nitrogens with one attached hydrogen (secondary N) is 1. The van der Waals surface area contributed by atoms with Gasteiger partial charge in [-0.1, -0.05) is 36.4 Å². The molecule has 3 aliphatic rings. The molecule has 58 heavy (non-hydrogen) atoms. The number of nitrogens with zero attached hydrogens (tertiary/aromatic N) is 6. The molecule has 3 fully saturated rings. The Morgan fingerprint density at radius 1 is 0.741 bits per heavy atom. The molecule has 0 unspecified atom stereocenters. The second kappa shape index (κ2) is 17.2. The van der Waals surface area contributed by atoms with Gasteiger partial charge in [-0.15, -0.1) is 0 Å². The predicted molar refractivity (Wildman–Crippen MR) is 226 cm³/mol. The van der Waals surface area contributed by atoms with Crippen molar-refractivity contribution in [3.63, 3.8) is 0 Å².